The number of hydrogen-bond donors (Lipinski definition) is 1. The standard InChI is InChI=1S/C16H14N2OS/c19-15(12-6-2-1-3-7-12)10-20-11-16-17-13-8-4-5-9-14(13)18-16/h1-9H,10-11H2,(H,17,18)/p+1. The summed E-state index contributed by atoms with van der Waals surface area (Å²) >= 11 is 1.61. The fraction of sp³-hybridized carbons (Fsp3) is 0.125. The maximum absolute atomic E-state index is 12.0. The van der Waals surface area contributed by atoms with Gasteiger partial charge in [-0.3, -0.25) is 4.79 Å². The zero-order chi connectivity index (χ0) is 13.8. The molecule has 0 bridgehead atoms. The summed E-state index contributed by atoms with van der Waals surface area (Å²) in [5.74, 6) is 2.48. The number of para-hydroxylation sites is 2. The minimum absolute atomic E-state index is 0.173. The van der Waals surface area contributed by atoms with Crippen molar-refractivity contribution in [1.82, 2.24) is 4.98 Å². The molecule has 2 N–H and O–H groups in total. The molecule has 3 nitrogen and oxygen atoms in total. The number of carbonyl (C=O) groups excluding carboxylic acids is 1. The lowest BCUT2D eigenvalue weighted by molar-refractivity contribution is -0.355. The lowest BCUT2D eigenvalue weighted by Gasteiger charge is -1.98. The van der Waals surface area contributed by atoms with Crippen LogP contribution in [0.3, 0.4) is 0 Å². The summed E-state index contributed by atoms with van der Waals surface area (Å²) in [6, 6.07) is 17.5. The van der Waals surface area contributed by atoms with Crippen LogP contribution < -0.4 is 4.98 Å². The topological polar surface area (TPSA) is 47.0 Å². The third-order valence-electron chi connectivity index (χ3n) is 3.07. The Balaban J connectivity index is 1.58. The fourth-order valence-corrected chi connectivity index (χ4v) is 2.89. The van der Waals surface area contributed by atoms with Gasteiger partial charge in [-0.25, -0.2) is 9.97 Å². The monoisotopic (exact) mass is 283 g/mol. The van der Waals surface area contributed by atoms with Gasteiger partial charge in [0.15, 0.2) is 16.8 Å². The number of aromatic amines is 2. The molecule has 0 saturated heterocycles. The fourth-order valence-electron chi connectivity index (χ4n) is 2.08. The third kappa shape index (κ3) is 2.91. The van der Waals surface area contributed by atoms with Crippen LogP contribution in [0.2, 0.25) is 0 Å². The first-order valence-electron chi connectivity index (χ1n) is 6.48. The predicted molar refractivity (Wildman–Crippen MR) is 81.8 cm³/mol. The first-order valence-corrected chi connectivity index (χ1v) is 7.63. The molecule has 0 amide bonds. The highest BCUT2D eigenvalue weighted by atomic mass is 32.2. The number of benzene rings is 2. The Morgan fingerprint density at radius 1 is 1.05 bits per heavy atom. The molecule has 100 valence electrons. The van der Waals surface area contributed by atoms with Crippen LogP contribution in [0.4, 0.5) is 0 Å². The number of aromatic nitrogens is 2. The molecule has 1 aromatic heterocycles. The van der Waals surface area contributed by atoms with E-state index in [9.17, 15) is 4.79 Å². The largest absolute Gasteiger partial charge is 0.293 e. The number of Topliss-reactive ketones (excluding diaryl/α,β-unsaturated/α-hetero) is 1. The predicted octanol–water partition coefficient (Wildman–Crippen LogP) is 3.10. The molecular weight excluding hydrogens is 268 g/mol. The van der Waals surface area contributed by atoms with Crippen molar-refractivity contribution in [3.8, 4) is 0 Å². The van der Waals surface area contributed by atoms with E-state index >= 15 is 0 Å². The molecule has 0 aliphatic carbocycles. The number of rotatable bonds is 5. The second-order valence-electron chi connectivity index (χ2n) is 4.56. The molecule has 0 saturated carbocycles. The molecular formula is C16H15N2OS+. The number of H-pyrrole nitrogens is 2. The SMILES string of the molecule is O=C(CSCc1[nH]c2ccccc2[nH+]1)c1ccccc1. The van der Waals surface area contributed by atoms with E-state index in [4.69, 9.17) is 0 Å². The van der Waals surface area contributed by atoms with E-state index in [1.54, 1.807) is 11.8 Å². The van der Waals surface area contributed by atoms with Crippen molar-refractivity contribution < 1.29 is 9.78 Å². The first-order chi connectivity index (χ1) is 9.83. The van der Waals surface area contributed by atoms with E-state index in [-0.39, 0.29) is 5.78 Å². The van der Waals surface area contributed by atoms with Crippen molar-refractivity contribution in [3.05, 3.63) is 66.0 Å². The van der Waals surface area contributed by atoms with E-state index in [0.717, 1.165) is 28.2 Å². The maximum atomic E-state index is 12.0. The smallest absolute Gasteiger partial charge is 0.263 e. The summed E-state index contributed by atoms with van der Waals surface area (Å²) in [6.45, 7) is 0. The summed E-state index contributed by atoms with van der Waals surface area (Å²) in [5, 5.41) is 0. The molecule has 3 rings (SSSR count). The van der Waals surface area contributed by atoms with Gasteiger partial charge in [0.1, 0.15) is 0 Å². The van der Waals surface area contributed by atoms with Crippen molar-refractivity contribution in [1.29, 1.82) is 0 Å². The molecule has 0 radical (unpaired) electrons. The highest BCUT2D eigenvalue weighted by molar-refractivity contribution is 7.99. The Morgan fingerprint density at radius 3 is 2.60 bits per heavy atom. The molecule has 0 spiro atoms. The molecule has 0 fully saturated rings. The van der Waals surface area contributed by atoms with Crippen LogP contribution >= 0.6 is 11.8 Å². The van der Waals surface area contributed by atoms with E-state index < -0.39 is 0 Å². The third-order valence-corrected chi connectivity index (χ3v) is 4.03. The summed E-state index contributed by atoms with van der Waals surface area (Å²) in [6.07, 6.45) is 0. The lowest BCUT2D eigenvalue weighted by Crippen LogP contribution is -2.07. The Hall–Kier alpha value is -2.07. The van der Waals surface area contributed by atoms with Gasteiger partial charge in [-0.05, 0) is 12.1 Å². The van der Waals surface area contributed by atoms with Gasteiger partial charge in [0, 0.05) is 5.56 Å². The zero-order valence-corrected chi connectivity index (χ0v) is 11.7. The van der Waals surface area contributed by atoms with Crippen LogP contribution in [0.5, 0.6) is 0 Å². The molecule has 2 aromatic carbocycles. The minimum atomic E-state index is 0.173. The van der Waals surface area contributed by atoms with Crippen molar-refractivity contribution in [2.45, 2.75) is 5.75 Å². The second kappa shape index (κ2) is 5.92. The van der Waals surface area contributed by atoms with E-state index in [2.05, 4.69) is 9.97 Å². The normalized spacial score (nSPS) is 10.8. The number of fused-ring (bicyclic) bond motifs is 1. The van der Waals surface area contributed by atoms with Gasteiger partial charge in [0.25, 0.3) is 5.82 Å². The molecule has 20 heavy (non-hydrogen) atoms. The number of ketones is 1. The molecule has 0 aliphatic heterocycles. The first kappa shape index (κ1) is 12.9. The second-order valence-corrected chi connectivity index (χ2v) is 5.54. The maximum Gasteiger partial charge on any atom is 0.263 e. The summed E-state index contributed by atoms with van der Waals surface area (Å²) in [4.78, 5) is 18.6. The number of nitrogens with one attached hydrogen (secondary N) is 2. The molecule has 0 aliphatic rings. The average Bonchev–Trinajstić information content (AvgIpc) is 2.90. The van der Waals surface area contributed by atoms with Crippen LogP contribution in [0.25, 0.3) is 11.0 Å². The quantitative estimate of drug-likeness (QED) is 0.731. The number of hydrogen-bond acceptors (Lipinski definition) is 2. The van der Waals surface area contributed by atoms with Crippen LogP contribution in [-0.4, -0.2) is 16.5 Å². The van der Waals surface area contributed by atoms with Crippen LogP contribution in [0, 0.1) is 0 Å². The lowest BCUT2D eigenvalue weighted by atomic mass is 10.2. The van der Waals surface area contributed by atoms with Gasteiger partial charge in [0.2, 0.25) is 0 Å². The Bertz CT molecular complexity index is 688. The van der Waals surface area contributed by atoms with Gasteiger partial charge in [-0.15, -0.1) is 11.8 Å². The summed E-state index contributed by atoms with van der Waals surface area (Å²) in [7, 11) is 0. The van der Waals surface area contributed by atoms with Crippen LogP contribution in [0.1, 0.15) is 16.2 Å². The molecule has 0 unspecified atom stereocenters. The van der Waals surface area contributed by atoms with Crippen LogP contribution in [0.15, 0.2) is 54.6 Å². The number of imidazole rings is 1. The molecule has 1 heterocycles. The Morgan fingerprint density at radius 2 is 1.80 bits per heavy atom. The molecule has 3 aromatic rings. The van der Waals surface area contributed by atoms with Crippen molar-refractivity contribution >= 4 is 28.6 Å². The van der Waals surface area contributed by atoms with Crippen molar-refractivity contribution in [3.63, 3.8) is 0 Å². The van der Waals surface area contributed by atoms with Crippen LogP contribution in [-0.2, 0) is 5.75 Å². The van der Waals surface area contributed by atoms with Crippen molar-refractivity contribution in [2.24, 2.45) is 0 Å². The highest BCUT2D eigenvalue weighted by Crippen LogP contribution is 2.13. The van der Waals surface area contributed by atoms with E-state index in [1.165, 1.54) is 0 Å². The van der Waals surface area contributed by atoms with Crippen molar-refractivity contribution in [2.75, 3.05) is 5.75 Å². The van der Waals surface area contributed by atoms with Gasteiger partial charge in [-0.2, -0.15) is 0 Å². The molecule has 4 heteroatoms. The minimum Gasteiger partial charge on any atom is -0.293 e. The Labute approximate surface area is 121 Å². The summed E-state index contributed by atoms with van der Waals surface area (Å²) in [5.41, 5.74) is 2.97. The number of carbonyl (C=O) groups is 1. The average molecular weight is 283 g/mol. The Kier molecular flexibility index (Phi) is 3.83. The molecule has 0 atom stereocenters. The highest BCUT2D eigenvalue weighted by Gasteiger charge is 2.11. The number of thioether (sulfide) groups is 1. The van der Waals surface area contributed by atoms with E-state index in [1.807, 2.05) is 54.6 Å². The van der Waals surface area contributed by atoms with Gasteiger partial charge in [-0.1, -0.05) is 42.5 Å². The van der Waals surface area contributed by atoms with Gasteiger partial charge in [0.05, 0.1) is 11.5 Å². The summed E-state index contributed by atoms with van der Waals surface area (Å²) < 4.78 is 0. The zero-order valence-electron chi connectivity index (χ0n) is 10.9. The van der Waals surface area contributed by atoms with Gasteiger partial charge >= 0.3 is 0 Å². The van der Waals surface area contributed by atoms with E-state index in [0.29, 0.717) is 5.75 Å². The van der Waals surface area contributed by atoms with Gasteiger partial charge < -0.3 is 0 Å².